The molecule has 0 atom stereocenters. The van der Waals surface area contributed by atoms with Gasteiger partial charge in [-0.2, -0.15) is 10.4 Å². The lowest BCUT2D eigenvalue weighted by Crippen LogP contribution is -2.07. The van der Waals surface area contributed by atoms with Gasteiger partial charge in [-0.25, -0.2) is 13.1 Å². The van der Waals surface area contributed by atoms with Gasteiger partial charge in [0, 0.05) is 10.7 Å². The summed E-state index contributed by atoms with van der Waals surface area (Å²) >= 11 is 0. The third-order valence-corrected chi connectivity index (χ3v) is 3.68. The van der Waals surface area contributed by atoms with Crippen molar-refractivity contribution >= 4 is 19.7 Å². The van der Waals surface area contributed by atoms with E-state index in [0.29, 0.717) is 11.4 Å². The van der Waals surface area contributed by atoms with Gasteiger partial charge in [-0.3, -0.25) is 0 Å². The molecule has 1 aromatic heterocycles. The first-order valence-corrected chi connectivity index (χ1v) is 7.36. The Hall–Kier alpha value is -2.04. The highest BCUT2D eigenvalue weighted by Gasteiger charge is 2.25. The molecule has 0 bridgehead atoms. The molecule has 0 aliphatic heterocycles. The molecular formula is C11H8ClN3O3S. The number of para-hydroxylation sites is 2. The van der Waals surface area contributed by atoms with Crippen LogP contribution in [0.15, 0.2) is 35.5 Å². The molecule has 0 aliphatic rings. The largest absolute Gasteiger partial charge is 0.494 e. The molecule has 0 amide bonds. The van der Waals surface area contributed by atoms with Gasteiger partial charge in [0.05, 0.1) is 13.3 Å². The van der Waals surface area contributed by atoms with Crippen molar-refractivity contribution in [3.8, 4) is 17.5 Å². The third kappa shape index (κ3) is 2.41. The highest BCUT2D eigenvalue weighted by atomic mass is 35.7. The van der Waals surface area contributed by atoms with Crippen molar-refractivity contribution in [2.75, 3.05) is 7.11 Å². The van der Waals surface area contributed by atoms with E-state index in [1.54, 1.807) is 30.3 Å². The average Bonchev–Trinajstić information content (AvgIpc) is 2.82. The summed E-state index contributed by atoms with van der Waals surface area (Å²) in [6.07, 6.45) is 1.14. The van der Waals surface area contributed by atoms with Crippen LogP contribution in [0.3, 0.4) is 0 Å². The highest BCUT2D eigenvalue weighted by molar-refractivity contribution is 8.13. The van der Waals surface area contributed by atoms with Gasteiger partial charge in [0.1, 0.15) is 23.1 Å². The molecule has 98 valence electrons. The summed E-state index contributed by atoms with van der Waals surface area (Å²) in [7, 11) is 2.69. The number of nitriles is 1. The molecule has 0 saturated heterocycles. The number of hydrogen-bond acceptors (Lipinski definition) is 5. The number of halogens is 1. The monoisotopic (exact) mass is 297 g/mol. The molecule has 2 aromatic rings. The summed E-state index contributed by atoms with van der Waals surface area (Å²) in [4.78, 5) is 0. The van der Waals surface area contributed by atoms with Crippen molar-refractivity contribution in [2.24, 2.45) is 0 Å². The van der Waals surface area contributed by atoms with Gasteiger partial charge in [0.2, 0.25) is 0 Å². The van der Waals surface area contributed by atoms with Crippen LogP contribution in [-0.2, 0) is 9.05 Å². The van der Waals surface area contributed by atoms with Gasteiger partial charge in [-0.1, -0.05) is 12.1 Å². The van der Waals surface area contributed by atoms with Crippen molar-refractivity contribution in [1.82, 2.24) is 9.78 Å². The first kappa shape index (κ1) is 13.4. The van der Waals surface area contributed by atoms with Crippen LogP contribution in [0.4, 0.5) is 0 Å². The van der Waals surface area contributed by atoms with Crippen LogP contribution in [0.5, 0.6) is 5.75 Å². The lowest BCUT2D eigenvalue weighted by Gasteiger charge is -2.09. The van der Waals surface area contributed by atoms with E-state index in [4.69, 9.17) is 20.7 Å². The maximum Gasteiger partial charge on any atom is 0.280 e. The Kier molecular flexibility index (Phi) is 3.46. The summed E-state index contributed by atoms with van der Waals surface area (Å²) in [6, 6.07) is 8.42. The standard InChI is InChI=1S/C11H8ClN3O3S/c1-18-10-5-3-2-4-9(10)15-11(19(12,16)17)8(6-13)7-14-15/h2-5,7H,1H3. The molecular weight excluding hydrogens is 290 g/mol. The fourth-order valence-electron chi connectivity index (χ4n) is 1.62. The molecule has 19 heavy (non-hydrogen) atoms. The molecule has 0 fully saturated rings. The SMILES string of the molecule is COc1ccccc1-n1ncc(C#N)c1S(=O)(=O)Cl. The van der Waals surface area contributed by atoms with E-state index in [2.05, 4.69) is 5.10 Å². The molecule has 0 aliphatic carbocycles. The Labute approximate surface area is 114 Å². The van der Waals surface area contributed by atoms with Gasteiger partial charge < -0.3 is 4.74 Å². The first-order valence-electron chi connectivity index (χ1n) is 5.05. The van der Waals surface area contributed by atoms with E-state index < -0.39 is 9.05 Å². The topological polar surface area (TPSA) is 85.0 Å². The van der Waals surface area contributed by atoms with Crippen LogP contribution in [-0.4, -0.2) is 25.3 Å². The molecule has 0 radical (unpaired) electrons. The van der Waals surface area contributed by atoms with Crippen LogP contribution >= 0.6 is 10.7 Å². The second-order valence-electron chi connectivity index (χ2n) is 3.50. The maximum atomic E-state index is 11.6. The Morgan fingerprint density at radius 3 is 2.68 bits per heavy atom. The Morgan fingerprint density at radius 1 is 1.42 bits per heavy atom. The predicted molar refractivity (Wildman–Crippen MR) is 67.9 cm³/mol. The van der Waals surface area contributed by atoms with Crippen LogP contribution in [0.25, 0.3) is 5.69 Å². The Bertz CT molecular complexity index is 762. The fraction of sp³-hybridized carbons (Fsp3) is 0.0909. The summed E-state index contributed by atoms with van der Waals surface area (Å²) in [5.74, 6) is 0.414. The van der Waals surface area contributed by atoms with Crippen LogP contribution in [0.1, 0.15) is 5.56 Å². The zero-order chi connectivity index (χ0) is 14.0. The van der Waals surface area contributed by atoms with E-state index in [0.717, 1.165) is 10.9 Å². The summed E-state index contributed by atoms with van der Waals surface area (Å²) in [5.41, 5.74) is 0.256. The van der Waals surface area contributed by atoms with Crippen molar-refractivity contribution in [2.45, 2.75) is 5.03 Å². The first-order chi connectivity index (χ1) is 8.99. The number of ether oxygens (including phenoxy) is 1. The number of methoxy groups -OCH3 is 1. The molecule has 8 heteroatoms. The summed E-state index contributed by atoms with van der Waals surface area (Å²) in [6.45, 7) is 0. The van der Waals surface area contributed by atoms with Crippen molar-refractivity contribution in [3.05, 3.63) is 36.0 Å². The Morgan fingerprint density at radius 2 is 2.11 bits per heavy atom. The van der Waals surface area contributed by atoms with E-state index in [1.165, 1.54) is 7.11 Å². The molecule has 0 spiro atoms. The minimum absolute atomic E-state index is 0.124. The zero-order valence-electron chi connectivity index (χ0n) is 9.74. The molecule has 1 heterocycles. The molecule has 1 aromatic carbocycles. The predicted octanol–water partition coefficient (Wildman–Crippen LogP) is 1.68. The lowest BCUT2D eigenvalue weighted by atomic mass is 10.3. The van der Waals surface area contributed by atoms with Gasteiger partial charge in [0.15, 0.2) is 5.03 Å². The van der Waals surface area contributed by atoms with Crippen LogP contribution < -0.4 is 4.74 Å². The summed E-state index contributed by atoms with van der Waals surface area (Å²) < 4.78 is 29.4. The quantitative estimate of drug-likeness (QED) is 0.805. The third-order valence-electron chi connectivity index (χ3n) is 2.39. The smallest absolute Gasteiger partial charge is 0.280 e. The molecule has 0 unspecified atom stereocenters. The molecule has 6 nitrogen and oxygen atoms in total. The number of rotatable bonds is 3. The van der Waals surface area contributed by atoms with Crippen molar-refractivity contribution in [1.29, 1.82) is 5.26 Å². The highest BCUT2D eigenvalue weighted by Crippen LogP contribution is 2.28. The average molecular weight is 298 g/mol. The summed E-state index contributed by atoms with van der Waals surface area (Å²) in [5, 5.41) is 12.4. The van der Waals surface area contributed by atoms with Crippen molar-refractivity contribution in [3.63, 3.8) is 0 Å². The Balaban J connectivity index is 2.78. The van der Waals surface area contributed by atoms with Crippen LogP contribution in [0, 0.1) is 11.3 Å². The lowest BCUT2D eigenvalue weighted by molar-refractivity contribution is 0.410. The van der Waals surface area contributed by atoms with E-state index in [9.17, 15) is 8.42 Å². The second kappa shape index (κ2) is 4.91. The second-order valence-corrected chi connectivity index (χ2v) is 5.98. The van der Waals surface area contributed by atoms with E-state index >= 15 is 0 Å². The minimum atomic E-state index is -4.11. The number of aromatic nitrogens is 2. The number of nitrogens with zero attached hydrogens (tertiary/aromatic N) is 3. The normalized spacial score (nSPS) is 11.0. The van der Waals surface area contributed by atoms with E-state index in [1.807, 2.05) is 0 Å². The molecule has 2 rings (SSSR count). The van der Waals surface area contributed by atoms with Crippen LogP contribution in [0.2, 0.25) is 0 Å². The molecule has 0 N–H and O–H groups in total. The van der Waals surface area contributed by atoms with E-state index in [-0.39, 0.29) is 10.6 Å². The number of hydrogen-bond donors (Lipinski definition) is 0. The maximum absolute atomic E-state index is 11.6. The van der Waals surface area contributed by atoms with Gasteiger partial charge >= 0.3 is 0 Å². The van der Waals surface area contributed by atoms with Crippen molar-refractivity contribution < 1.29 is 13.2 Å². The van der Waals surface area contributed by atoms with Gasteiger partial charge in [0.25, 0.3) is 9.05 Å². The zero-order valence-corrected chi connectivity index (χ0v) is 11.3. The minimum Gasteiger partial charge on any atom is -0.494 e. The van der Waals surface area contributed by atoms with Gasteiger partial charge in [-0.15, -0.1) is 0 Å². The fourth-order valence-corrected chi connectivity index (χ4v) is 2.78. The molecule has 0 saturated carbocycles. The number of benzene rings is 1. The van der Waals surface area contributed by atoms with Gasteiger partial charge in [-0.05, 0) is 12.1 Å².